The number of benzene rings is 1. The normalized spacial score (nSPS) is 11.1. The van der Waals surface area contributed by atoms with E-state index < -0.39 is 0 Å². The third-order valence-corrected chi connectivity index (χ3v) is 3.01. The van der Waals surface area contributed by atoms with E-state index in [1.54, 1.807) is 0 Å². The zero-order chi connectivity index (χ0) is 13.1. The third-order valence-electron chi connectivity index (χ3n) is 3.01. The SMILES string of the molecule is Cc1n(/N=C/c2ccc(N(C)C)cc2)cc[n+]1C. The Morgan fingerprint density at radius 1 is 1.22 bits per heavy atom. The van der Waals surface area contributed by atoms with E-state index in [0.717, 1.165) is 11.4 Å². The molecule has 0 fully saturated rings. The highest BCUT2D eigenvalue weighted by atomic mass is 15.4. The summed E-state index contributed by atoms with van der Waals surface area (Å²) in [5.41, 5.74) is 2.28. The Balaban J connectivity index is 2.16. The summed E-state index contributed by atoms with van der Waals surface area (Å²) in [7, 11) is 6.08. The molecule has 94 valence electrons. The Labute approximate surface area is 108 Å². The van der Waals surface area contributed by atoms with E-state index in [4.69, 9.17) is 0 Å². The van der Waals surface area contributed by atoms with Crippen molar-refractivity contribution in [3.05, 3.63) is 48.0 Å². The maximum Gasteiger partial charge on any atom is 0.278 e. The van der Waals surface area contributed by atoms with E-state index in [1.807, 2.05) is 55.9 Å². The minimum Gasteiger partial charge on any atom is -0.378 e. The fourth-order valence-corrected chi connectivity index (χ4v) is 1.65. The van der Waals surface area contributed by atoms with Crippen molar-refractivity contribution in [2.45, 2.75) is 6.92 Å². The van der Waals surface area contributed by atoms with E-state index in [9.17, 15) is 0 Å². The molecule has 0 N–H and O–H groups in total. The molecule has 0 bridgehead atoms. The molecule has 1 aromatic carbocycles. The summed E-state index contributed by atoms with van der Waals surface area (Å²) in [4.78, 5) is 2.08. The zero-order valence-electron chi connectivity index (χ0n) is 11.3. The Morgan fingerprint density at radius 3 is 2.39 bits per heavy atom. The molecule has 0 aliphatic carbocycles. The Kier molecular flexibility index (Phi) is 3.46. The van der Waals surface area contributed by atoms with Crippen molar-refractivity contribution in [1.82, 2.24) is 4.68 Å². The Hall–Kier alpha value is -2.10. The molecular weight excluding hydrogens is 224 g/mol. The number of hydrogen-bond acceptors (Lipinski definition) is 2. The predicted octanol–water partition coefficient (Wildman–Crippen LogP) is 1.57. The highest BCUT2D eigenvalue weighted by Gasteiger charge is 2.06. The van der Waals surface area contributed by atoms with Gasteiger partial charge in [-0.05, 0) is 17.7 Å². The van der Waals surface area contributed by atoms with Crippen molar-refractivity contribution in [1.29, 1.82) is 0 Å². The van der Waals surface area contributed by atoms with Crippen LogP contribution in [-0.2, 0) is 7.05 Å². The molecule has 0 aliphatic rings. The summed E-state index contributed by atoms with van der Waals surface area (Å²) >= 11 is 0. The average Bonchev–Trinajstić information content (AvgIpc) is 2.68. The molecule has 2 aromatic rings. The standard InChI is InChI=1S/C14H19N4/c1-12-17(4)9-10-18(12)15-11-13-5-7-14(8-6-13)16(2)3/h5-11H,1-4H3/q+1/b15-11+. The van der Waals surface area contributed by atoms with Crippen LogP contribution in [0.2, 0.25) is 0 Å². The van der Waals surface area contributed by atoms with Crippen LogP contribution >= 0.6 is 0 Å². The lowest BCUT2D eigenvalue weighted by molar-refractivity contribution is -0.677. The van der Waals surface area contributed by atoms with Gasteiger partial charge in [0, 0.05) is 26.7 Å². The van der Waals surface area contributed by atoms with Crippen molar-refractivity contribution in [2.24, 2.45) is 12.1 Å². The van der Waals surface area contributed by atoms with Crippen molar-refractivity contribution in [2.75, 3.05) is 19.0 Å². The quantitative estimate of drug-likeness (QED) is 0.593. The lowest BCUT2D eigenvalue weighted by Crippen LogP contribution is -2.29. The van der Waals surface area contributed by atoms with Crippen molar-refractivity contribution >= 4 is 11.9 Å². The molecule has 18 heavy (non-hydrogen) atoms. The first kappa shape index (κ1) is 12.4. The molecule has 1 heterocycles. The summed E-state index contributed by atoms with van der Waals surface area (Å²) in [5.74, 6) is 1.09. The van der Waals surface area contributed by atoms with Gasteiger partial charge < -0.3 is 4.90 Å². The molecule has 4 nitrogen and oxygen atoms in total. The van der Waals surface area contributed by atoms with Gasteiger partial charge in [-0.1, -0.05) is 17.2 Å². The molecule has 0 radical (unpaired) electrons. The number of hydrogen-bond donors (Lipinski definition) is 0. The molecule has 0 aliphatic heterocycles. The second-order valence-corrected chi connectivity index (χ2v) is 4.53. The molecule has 4 heteroatoms. The lowest BCUT2D eigenvalue weighted by atomic mass is 10.2. The topological polar surface area (TPSA) is 24.4 Å². The van der Waals surface area contributed by atoms with Gasteiger partial charge in [0.1, 0.15) is 6.20 Å². The van der Waals surface area contributed by atoms with Gasteiger partial charge in [-0.2, -0.15) is 0 Å². The van der Waals surface area contributed by atoms with E-state index in [1.165, 1.54) is 5.69 Å². The van der Waals surface area contributed by atoms with Gasteiger partial charge in [-0.25, -0.2) is 4.57 Å². The molecule has 0 amide bonds. The van der Waals surface area contributed by atoms with Crippen LogP contribution in [0.3, 0.4) is 0 Å². The number of aromatic nitrogens is 2. The number of nitrogens with zero attached hydrogens (tertiary/aromatic N) is 4. The van der Waals surface area contributed by atoms with E-state index >= 15 is 0 Å². The average molecular weight is 243 g/mol. The molecule has 0 unspecified atom stereocenters. The monoisotopic (exact) mass is 243 g/mol. The second kappa shape index (κ2) is 5.04. The third kappa shape index (κ3) is 2.59. The summed E-state index contributed by atoms with van der Waals surface area (Å²) in [6.07, 6.45) is 5.80. The largest absolute Gasteiger partial charge is 0.378 e. The van der Waals surface area contributed by atoms with Crippen LogP contribution in [0.5, 0.6) is 0 Å². The van der Waals surface area contributed by atoms with Gasteiger partial charge >= 0.3 is 0 Å². The second-order valence-electron chi connectivity index (χ2n) is 4.53. The van der Waals surface area contributed by atoms with Crippen LogP contribution in [0, 0.1) is 6.92 Å². The van der Waals surface area contributed by atoms with Crippen molar-refractivity contribution in [3.63, 3.8) is 0 Å². The first-order valence-corrected chi connectivity index (χ1v) is 5.93. The summed E-state index contributed by atoms with van der Waals surface area (Å²) < 4.78 is 3.90. The first-order chi connectivity index (χ1) is 8.58. The van der Waals surface area contributed by atoms with Gasteiger partial charge in [0.15, 0.2) is 6.20 Å². The van der Waals surface area contributed by atoms with Gasteiger partial charge in [-0.15, -0.1) is 4.68 Å². The van der Waals surface area contributed by atoms with Gasteiger partial charge in [0.2, 0.25) is 0 Å². The molecule has 1 aromatic heterocycles. The predicted molar refractivity (Wildman–Crippen MR) is 74.1 cm³/mol. The molecule has 0 spiro atoms. The van der Waals surface area contributed by atoms with Crippen LogP contribution < -0.4 is 9.47 Å². The highest BCUT2D eigenvalue weighted by Crippen LogP contribution is 2.10. The fourth-order valence-electron chi connectivity index (χ4n) is 1.65. The number of aryl methyl sites for hydroxylation is 1. The molecule has 0 atom stereocenters. The smallest absolute Gasteiger partial charge is 0.278 e. The maximum atomic E-state index is 4.43. The van der Waals surface area contributed by atoms with Gasteiger partial charge in [-0.3, -0.25) is 0 Å². The Bertz CT molecular complexity index is 550. The van der Waals surface area contributed by atoms with Crippen LogP contribution in [0.15, 0.2) is 41.8 Å². The number of imidazole rings is 1. The molecule has 0 saturated heterocycles. The maximum absolute atomic E-state index is 4.43. The van der Waals surface area contributed by atoms with E-state index in [-0.39, 0.29) is 0 Å². The van der Waals surface area contributed by atoms with Crippen LogP contribution in [0.25, 0.3) is 0 Å². The van der Waals surface area contributed by atoms with E-state index in [2.05, 4.69) is 34.3 Å². The highest BCUT2D eigenvalue weighted by molar-refractivity contribution is 5.80. The molecule has 2 rings (SSSR count). The van der Waals surface area contributed by atoms with Gasteiger partial charge in [0.25, 0.3) is 5.82 Å². The Morgan fingerprint density at radius 2 is 1.89 bits per heavy atom. The first-order valence-electron chi connectivity index (χ1n) is 5.93. The van der Waals surface area contributed by atoms with Crippen molar-refractivity contribution in [3.8, 4) is 0 Å². The molecular formula is C14H19N4+. The minimum atomic E-state index is 1.09. The van der Waals surface area contributed by atoms with Crippen molar-refractivity contribution < 1.29 is 4.57 Å². The van der Waals surface area contributed by atoms with Crippen LogP contribution in [0.1, 0.15) is 11.4 Å². The minimum absolute atomic E-state index is 1.09. The number of rotatable bonds is 3. The summed E-state index contributed by atoms with van der Waals surface area (Å²) in [6, 6.07) is 8.31. The van der Waals surface area contributed by atoms with Crippen LogP contribution in [-0.4, -0.2) is 25.0 Å². The lowest BCUT2D eigenvalue weighted by Gasteiger charge is -2.11. The fraction of sp³-hybridized carbons (Fsp3) is 0.286. The number of anilines is 1. The zero-order valence-corrected chi connectivity index (χ0v) is 11.3. The van der Waals surface area contributed by atoms with Gasteiger partial charge in [0.05, 0.1) is 13.3 Å². The van der Waals surface area contributed by atoms with E-state index in [0.29, 0.717) is 0 Å². The summed E-state index contributed by atoms with van der Waals surface area (Å²) in [5, 5.41) is 4.43. The summed E-state index contributed by atoms with van der Waals surface area (Å²) in [6.45, 7) is 2.03. The molecule has 0 saturated carbocycles. The van der Waals surface area contributed by atoms with Crippen LogP contribution in [0.4, 0.5) is 5.69 Å².